The van der Waals surface area contributed by atoms with Crippen LogP contribution in [0.1, 0.15) is 22.2 Å². The number of carbonyl (C=O) groups is 1. The van der Waals surface area contributed by atoms with Gasteiger partial charge in [0.1, 0.15) is 6.04 Å². The van der Waals surface area contributed by atoms with E-state index in [1.165, 1.54) is 19.1 Å². The molecule has 0 radical (unpaired) electrons. The van der Waals surface area contributed by atoms with Crippen molar-refractivity contribution < 1.29 is 30.7 Å². The second-order valence-electron chi connectivity index (χ2n) is 4.47. The Kier molecular flexibility index (Phi) is 3.64. The van der Waals surface area contributed by atoms with E-state index in [1.54, 1.807) is 6.92 Å². The Morgan fingerprint density at radius 2 is 2.24 bits per heavy atom. The van der Waals surface area contributed by atoms with E-state index >= 15 is 0 Å². The molecule has 2 N–H and O–H groups in total. The first-order valence-electron chi connectivity index (χ1n) is 7.26. The Labute approximate surface area is 126 Å². The van der Waals surface area contributed by atoms with Gasteiger partial charge in [0.15, 0.2) is 0 Å². The highest BCUT2D eigenvalue weighted by molar-refractivity contribution is 7.89. The molecule has 1 heterocycles. The van der Waals surface area contributed by atoms with Gasteiger partial charge in [-0.1, -0.05) is 12.1 Å². The first kappa shape index (κ1) is 13.3. The maximum absolute atomic E-state index is 12.6. The lowest BCUT2D eigenvalue weighted by atomic mass is 9.80. The Hall–Kier alpha value is -1.42. The Morgan fingerprint density at radius 3 is 2.81 bits per heavy atom. The number of sulfonamides is 1. The third-order valence-corrected chi connectivity index (χ3v) is 4.87. The van der Waals surface area contributed by atoms with E-state index in [1.807, 2.05) is 0 Å². The fourth-order valence-electron chi connectivity index (χ4n) is 1.95. The number of carbonyl (C=O) groups excluding carboxylic acids is 1. The van der Waals surface area contributed by atoms with Crippen LogP contribution in [0.3, 0.4) is 0 Å². The third kappa shape index (κ3) is 2.82. The second-order valence-corrected chi connectivity index (χ2v) is 6.25. The van der Waals surface area contributed by atoms with Crippen LogP contribution in [0.2, 0.25) is 0 Å². The molecule has 0 bridgehead atoms. The molecule has 1 aromatic rings. The molecular formula is C12H16BNO6S. The van der Waals surface area contributed by atoms with Crippen LogP contribution in [-0.2, 0) is 26.1 Å². The van der Waals surface area contributed by atoms with Gasteiger partial charge in [-0.05, 0) is 30.9 Å². The van der Waals surface area contributed by atoms with Gasteiger partial charge in [0.2, 0.25) is 10.0 Å². The monoisotopic (exact) mass is 315 g/mol. The molecule has 0 saturated heterocycles. The summed E-state index contributed by atoms with van der Waals surface area (Å²) in [6, 6.07) is 2.00. The smallest absolute Gasteiger partial charge is 0.465 e. The molecule has 0 aromatic heterocycles. The van der Waals surface area contributed by atoms with Gasteiger partial charge in [0.05, 0.1) is 11.5 Å². The van der Waals surface area contributed by atoms with Crippen molar-refractivity contribution in [1.82, 2.24) is 4.31 Å². The molecule has 0 aliphatic carbocycles. The van der Waals surface area contributed by atoms with Crippen molar-refractivity contribution in [3.8, 4) is 0 Å². The van der Waals surface area contributed by atoms with Crippen LogP contribution >= 0.6 is 0 Å². The van der Waals surface area contributed by atoms with Crippen LogP contribution in [0.5, 0.6) is 0 Å². The fourth-order valence-corrected chi connectivity index (χ4v) is 3.56. The van der Waals surface area contributed by atoms with E-state index in [4.69, 9.17) is 17.5 Å². The van der Waals surface area contributed by atoms with Crippen molar-refractivity contribution in [3.63, 3.8) is 0 Å². The molecule has 1 aliphatic heterocycles. The predicted octanol–water partition coefficient (Wildman–Crippen LogP) is -1.18. The number of hydrogen-bond acceptors (Lipinski definition) is 6. The summed E-state index contributed by atoms with van der Waals surface area (Å²) in [4.78, 5) is 11.5. The van der Waals surface area contributed by atoms with Crippen molar-refractivity contribution in [2.75, 3.05) is 6.61 Å². The lowest BCUT2D eigenvalue weighted by molar-refractivity contribution is -0.147. The van der Waals surface area contributed by atoms with Crippen molar-refractivity contribution in [2.24, 2.45) is 0 Å². The second kappa shape index (κ2) is 5.76. The minimum Gasteiger partial charge on any atom is -0.465 e. The van der Waals surface area contributed by atoms with Gasteiger partial charge in [-0.3, -0.25) is 4.79 Å². The van der Waals surface area contributed by atoms with E-state index in [2.05, 4.69) is 0 Å². The SMILES string of the molecule is [2H]C1([2H])c2ccc(B(O)O)cc2S(=O)(=O)N1[C@H](C)C(=O)OCC. The van der Waals surface area contributed by atoms with Crippen molar-refractivity contribution in [2.45, 2.75) is 31.3 Å². The van der Waals surface area contributed by atoms with Crippen molar-refractivity contribution in [1.29, 1.82) is 0 Å². The number of ether oxygens (including phenoxy) is 1. The van der Waals surface area contributed by atoms with Gasteiger partial charge in [0, 0.05) is 9.24 Å². The first-order chi connectivity index (χ1) is 10.5. The molecule has 1 aromatic carbocycles. The van der Waals surface area contributed by atoms with Crippen LogP contribution in [0, 0.1) is 0 Å². The van der Waals surface area contributed by atoms with Crippen LogP contribution < -0.4 is 5.46 Å². The fraction of sp³-hybridized carbons (Fsp3) is 0.417. The summed E-state index contributed by atoms with van der Waals surface area (Å²) in [5.74, 6) is -0.866. The van der Waals surface area contributed by atoms with Crippen molar-refractivity contribution in [3.05, 3.63) is 23.8 Å². The number of fused-ring (bicyclic) bond motifs is 1. The Balaban J connectivity index is 2.58. The molecule has 1 aliphatic rings. The minimum absolute atomic E-state index is 0.0356. The molecule has 0 fully saturated rings. The van der Waals surface area contributed by atoms with Gasteiger partial charge in [0.25, 0.3) is 0 Å². The van der Waals surface area contributed by atoms with E-state index in [0.29, 0.717) is 4.31 Å². The van der Waals surface area contributed by atoms with Gasteiger partial charge >= 0.3 is 13.1 Å². The molecular weight excluding hydrogens is 297 g/mol. The highest BCUT2D eigenvalue weighted by atomic mass is 32.2. The summed E-state index contributed by atoms with van der Waals surface area (Å²) in [7, 11) is -6.23. The average Bonchev–Trinajstić information content (AvgIpc) is 2.61. The van der Waals surface area contributed by atoms with Crippen molar-refractivity contribution >= 4 is 28.6 Å². The highest BCUT2D eigenvalue weighted by Crippen LogP contribution is 2.31. The molecule has 0 spiro atoms. The summed E-state index contributed by atoms with van der Waals surface area (Å²) in [5, 5.41) is 18.3. The van der Waals surface area contributed by atoms with Gasteiger partial charge in [-0.2, -0.15) is 4.31 Å². The van der Waals surface area contributed by atoms with E-state index < -0.39 is 40.5 Å². The standard InChI is InChI=1S/C12H16BNO6S/c1-3-20-12(15)8(2)14-7-9-4-5-10(13(16)17)6-11(9)21(14,18)19/h4-6,8,16-17H,3,7H2,1-2H3/t8-/m1/s1/i7D2. The lowest BCUT2D eigenvalue weighted by Gasteiger charge is -2.20. The Bertz CT molecular complexity index is 739. The van der Waals surface area contributed by atoms with Crippen LogP contribution in [0.4, 0.5) is 0 Å². The normalized spacial score (nSPS) is 21.9. The maximum atomic E-state index is 12.6. The molecule has 7 nitrogen and oxygen atoms in total. The van der Waals surface area contributed by atoms with Crippen LogP contribution in [-0.4, -0.2) is 48.5 Å². The zero-order valence-corrected chi connectivity index (χ0v) is 12.3. The summed E-state index contributed by atoms with van der Waals surface area (Å²) < 4.78 is 46.7. The van der Waals surface area contributed by atoms with Gasteiger partial charge in [-0.15, -0.1) is 0 Å². The summed E-state index contributed by atoms with van der Waals surface area (Å²) in [6.45, 7) is 0.371. The molecule has 114 valence electrons. The summed E-state index contributed by atoms with van der Waals surface area (Å²) in [6.07, 6.45) is 0. The predicted molar refractivity (Wildman–Crippen MR) is 75.1 cm³/mol. The molecule has 21 heavy (non-hydrogen) atoms. The molecule has 2 rings (SSSR count). The summed E-state index contributed by atoms with van der Waals surface area (Å²) in [5.41, 5.74) is -0.258. The number of rotatable bonds is 4. The molecule has 0 unspecified atom stereocenters. The average molecular weight is 315 g/mol. The summed E-state index contributed by atoms with van der Waals surface area (Å²) >= 11 is 0. The third-order valence-electron chi connectivity index (χ3n) is 3.05. The van der Waals surface area contributed by atoms with Crippen LogP contribution in [0.15, 0.2) is 23.1 Å². The highest BCUT2D eigenvalue weighted by Gasteiger charge is 2.41. The number of nitrogens with zero attached hydrogens (tertiary/aromatic N) is 1. The number of hydrogen-bond donors (Lipinski definition) is 2. The van der Waals surface area contributed by atoms with Gasteiger partial charge < -0.3 is 14.8 Å². The zero-order valence-electron chi connectivity index (χ0n) is 13.5. The molecule has 9 heteroatoms. The first-order valence-corrected chi connectivity index (χ1v) is 7.71. The van der Waals surface area contributed by atoms with E-state index in [-0.39, 0.29) is 17.6 Å². The Morgan fingerprint density at radius 1 is 1.57 bits per heavy atom. The molecule has 0 amide bonds. The lowest BCUT2D eigenvalue weighted by Crippen LogP contribution is -2.40. The van der Waals surface area contributed by atoms with Gasteiger partial charge in [-0.25, -0.2) is 8.42 Å². The molecule has 1 atom stereocenters. The maximum Gasteiger partial charge on any atom is 0.488 e. The minimum atomic E-state index is -4.34. The zero-order chi connectivity index (χ0) is 17.6. The largest absolute Gasteiger partial charge is 0.488 e. The topological polar surface area (TPSA) is 104 Å². The quantitative estimate of drug-likeness (QED) is 0.535. The number of benzene rings is 1. The molecule has 0 saturated carbocycles. The van der Waals surface area contributed by atoms with Crippen LogP contribution in [0.25, 0.3) is 0 Å². The van der Waals surface area contributed by atoms with E-state index in [9.17, 15) is 13.2 Å². The number of esters is 1. The van der Waals surface area contributed by atoms with E-state index in [0.717, 1.165) is 6.07 Å².